The molecule has 1 aliphatic heterocycles. The number of halogens is 3. The third-order valence-corrected chi connectivity index (χ3v) is 5.59. The van der Waals surface area contributed by atoms with E-state index in [1.54, 1.807) is 0 Å². The molecular formula is C18H21F3N6O3S. The van der Waals surface area contributed by atoms with Gasteiger partial charge >= 0.3 is 12.1 Å². The third-order valence-electron chi connectivity index (χ3n) is 5.03. The average Bonchev–Trinajstić information content (AvgIpc) is 3.14. The standard InChI is InChI=1S/C16H20N6OS.C2HF3O2/c1-24-16-19-8-9-2-3-11-13(15(17)23)21-22(14(11)12(9)20-16)10-4-6-18-7-5-10;3-2(4,5)1(6)7/h8,10,18H,2-7H2,1H3,(H2,17,23);(H,6,7). The Kier molecular flexibility index (Phi) is 6.84. The van der Waals surface area contributed by atoms with Gasteiger partial charge in [-0.3, -0.25) is 9.48 Å². The SMILES string of the molecule is CSc1ncc2c(n1)-c1c(c(C(N)=O)nn1C1CCNCC1)CC2.O=C(O)C(F)(F)F. The number of aryl methyl sites for hydroxylation is 1. The summed E-state index contributed by atoms with van der Waals surface area (Å²) in [4.78, 5) is 29.9. The highest BCUT2D eigenvalue weighted by atomic mass is 32.2. The highest BCUT2D eigenvalue weighted by Gasteiger charge is 2.38. The number of hydrogen-bond donors (Lipinski definition) is 3. The van der Waals surface area contributed by atoms with Crippen molar-refractivity contribution < 1.29 is 27.9 Å². The summed E-state index contributed by atoms with van der Waals surface area (Å²) >= 11 is 1.52. The summed E-state index contributed by atoms with van der Waals surface area (Å²) in [5, 5.41) is 15.8. The molecule has 1 amide bonds. The zero-order chi connectivity index (χ0) is 22.8. The molecule has 9 nitrogen and oxygen atoms in total. The smallest absolute Gasteiger partial charge is 0.475 e. The lowest BCUT2D eigenvalue weighted by Crippen LogP contribution is -2.30. The number of aliphatic carboxylic acids is 1. The van der Waals surface area contributed by atoms with Crippen LogP contribution in [-0.2, 0) is 17.6 Å². The number of hydrogen-bond acceptors (Lipinski definition) is 7. The average molecular weight is 458 g/mol. The van der Waals surface area contributed by atoms with Crippen molar-refractivity contribution in [3.05, 3.63) is 23.0 Å². The molecule has 0 radical (unpaired) electrons. The Bertz CT molecular complexity index is 989. The fourth-order valence-electron chi connectivity index (χ4n) is 3.61. The first-order valence-corrected chi connectivity index (χ1v) is 10.7. The van der Waals surface area contributed by atoms with Crippen LogP contribution in [0.1, 0.15) is 40.5 Å². The fraction of sp³-hybridized carbons (Fsp3) is 0.500. The molecule has 1 aliphatic carbocycles. The number of nitrogens with one attached hydrogen (secondary N) is 1. The summed E-state index contributed by atoms with van der Waals surface area (Å²) < 4.78 is 33.7. The predicted molar refractivity (Wildman–Crippen MR) is 106 cm³/mol. The molecule has 0 unspecified atom stereocenters. The van der Waals surface area contributed by atoms with Gasteiger partial charge in [-0.1, -0.05) is 11.8 Å². The van der Waals surface area contributed by atoms with Crippen molar-refractivity contribution in [2.45, 2.75) is 43.1 Å². The van der Waals surface area contributed by atoms with Gasteiger partial charge in [-0.05, 0) is 50.6 Å². The van der Waals surface area contributed by atoms with Gasteiger partial charge in [0.05, 0.1) is 17.4 Å². The van der Waals surface area contributed by atoms with E-state index in [0.717, 1.165) is 66.4 Å². The van der Waals surface area contributed by atoms with Gasteiger partial charge in [0.15, 0.2) is 10.9 Å². The summed E-state index contributed by atoms with van der Waals surface area (Å²) in [7, 11) is 0. The normalized spacial score (nSPS) is 16.0. The Morgan fingerprint density at radius 3 is 2.48 bits per heavy atom. The van der Waals surface area contributed by atoms with Gasteiger partial charge in [-0.2, -0.15) is 18.3 Å². The van der Waals surface area contributed by atoms with E-state index in [-0.39, 0.29) is 6.04 Å². The van der Waals surface area contributed by atoms with Crippen LogP contribution in [0.4, 0.5) is 13.2 Å². The molecule has 4 N–H and O–H groups in total. The lowest BCUT2D eigenvalue weighted by atomic mass is 9.92. The largest absolute Gasteiger partial charge is 0.490 e. The number of carboxylic acids is 1. The summed E-state index contributed by atoms with van der Waals surface area (Å²) in [5.74, 6) is -3.21. The highest BCUT2D eigenvalue weighted by molar-refractivity contribution is 7.98. The Morgan fingerprint density at radius 1 is 1.29 bits per heavy atom. The van der Waals surface area contributed by atoms with Crippen LogP contribution in [0, 0.1) is 0 Å². The van der Waals surface area contributed by atoms with Gasteiger partial charge in [-0.25, -0.2) is 14.8 Å². The van der Waals surface area contributed by atoms with Crippen LogP contribution >= 0.6 is 11.8 Å². The second kappa shape index (κ2) is 9.22. The summed E-state index contributed by atoms with van der Waals surface area (Å²) in [6.07, 6.45) is 2.33. The van der Waals surface area contributed by atoms with Crippen molar-refractivity contribution in [1.29, 1.82) is 0 Å². The Labute approximate surface area is 179 Å². The third kappa shape index (κ3) is 4.98. The van der Waals surface area contributed by atoms with Crippen molar-refractivity contribution in [2.75, 3.05) is 19.3 Å². The number of carbonyl (C=O) groups excluding carboxylic acids is 1. The van der Waals surface area contributed by atoms with Crippen LogP contribution in [0.3, 0.4) is 0 Å². The molecular weight excluding hydrogens is 437 g/mol. The molecule has 168 valence electrons. The Balaban J connectivity index is 0.000000339. The lowest BCUT2D eigenvalue weighted by molar-refractivity contribution is -0.192. The first kappa shape index (κ1) is 23.0. The molecule has 13 heteroatoms. The van der Waals surface area contributed by atoms with Crippen LogP contribution in [0.15, 0.2) is 11.4 Å². The maximum absolute atomic E-state index is 11.9. The zero-order valence-electron chi connectivity index (χ0n) is 16.6. The van der Waals surface area contributed by atoms with E-state index in [0.29, 0.717) is 5.69 Å². The molecule has 2 aromatic rings. The topological polar surface area (TPSA) is 136 Å². The summed E-state index contributed by atoms with van der Waals surface area (Å²) in [5.41, 5.74) is 9.93. The van der Waals surface area contributed by atoms with E-state index in [1.807, 2.05) is 17.1 Å². The number of amides is 1. The van der Waals surface area contributed by atoms with Gasteiger partial charge in [0, 0.05) is 11.8 Å². The molecule has 2 aliphatic rings. The number of nitrogens with two attached hydrogens (primary N) is 1. The van der Waals surface area contributed by atoms with E-state index < -0.39 is 18.1 Å². The van der Waals surface area contributed by atoms with Gasteiger partial charge in [0.25, 0.3) is 5.91 Å². The molecule has 31 heavy (non-hydrogen) atoms. The van der Waals surface area contributed by atoms with E-state index in [1.165, 1.54) is 11.8 Å². The number of nitrogens with zero attached hydrogens (tertiary/aromatic N) is 4. The summed E-state index contributed by atoms with van der Waals surface area (Å²) in [6.45, 7) is 1.91. The van der Waals surface area contributed by atoms with Crippen molar-refractivity contribution in [1.82, 2.24) is 25.1 Å². The molecule has 1 fully saturated rings. The van der Waals surface area contributed by atoms with Crippen LogP contribution in [0.25, 0.3) is 11.4 Å². The van der Waals surface area contributed by atoms with Crippen molar-refractivity contribution in [3.8, 4) is 11.4 Å². The van der Waals surface area contributed by atoms with E-state index >= 15 is 0 Å². The van der Waals surface area contributed by atoms with Crippen LogP contribution in [-0.4, -0.2) is 62.3 Å². The molecule has 2 aromatic heterocycles. The number of aromatic nitrogens is 4. The van der Waals surface area contributed by atoms with E-state index in [2.05, 4.69) is 15.4 Å². The molecule has 0 spiro atoms. The molecule has 0 saturated carbocycles. The van der Waals surface area contributed by atoms with E-state index in [4.69, 9.17) is 20.6 Å². The minimum absolute atomic E-state index is 0.270. The second-order valence-corrected chi connectivity index (χ2v) is 7.77. The number of alkyl halides is 3. The van der Waals surface area contributed by atoms with Crippen LogP contribution in [0.2, 0.25) is 0 Å². The number of piperidine rings is 1. The van der Waals surface area contributed by atoms with Crippen LogP contribution in [0.5, 0.6) is 0 Å². The molecule has 0 aromatic carbocycles. The molecule has 0 atom stereocenters. The number of carbonyl (C=O) groups is 2. The maximum Gasteiger partial charge on any atom is 0.490 e. The summed E-state index contributed by atoms with van der Waals surface area (Å²) in [6, 6.07) is 0.270. The quantitative estimate of drug-likeness (QED) is 0.468. The number of carboxylic acid groups (broad SMARTS) is 1. The number of primary amides is 1. The van der Waals surface area contributed by atoms with Crippen molar-refractivity contribution in [2.24, 2.45) is 5.73 Å². The van der Waals surface area contributed by atoms with Gasteiger partial charge in [0.1, 0.15) is 0 Å². The second-order valence-electron chi connectivity index (χ2n) is 7.00. The zero-order valence-corrected chi connectivity index (χ0v) is 17.4. The first-order valence-electron chi connectivity index (χ1n) is 9.45. The first-order chi connectivity index (χ1) is 14.6. The number of fused-ring (bicyclic) bond motifs is 3. The highest BCUT2D eigenvalue weighted by Crippen LogP contribution is 2.37. The molecule has 0 bridgehead atoms. The monoisotopic (exact) mass is 458 g/mol. The predicted octanol–water partition coefficient (Wildman–Crippen LogP) is 1.82. The lowest BCUT2D eigenvalue weighted by Gasteiger charge is -2.26. The Morgan fingerprint density at radius 2 is 1.94 bits per heavy atom. The van der Waals surface area contributed by atoms with Gasteiger partial charge in [0.2, 0.25) is 0 Å². The van der Waals surface area contributed by atoms with Gasteiger partial charge in [-0.15, -0.1) is 0 Å². The number of thioether (sulfide) groups is 1. The number of rotatable bonds is 3. The minimum atomic E-state index is -5.08. The fourth-order valence-corrected chi connectivity index (χ4v) is 3.95. The van der Waals surface area contributed by atoms with E-state index in [9.17, 15) is 18.0 Å². The van der Waals surface area contributed by atoms with Crippen molar-refractivity contribution in [3.63, 3.8) is 0 Å². The minimum Gasteiger partial charge on any atom is -0.475 e. The molecule has 3 heterocycles. The van der Waals surface area contributed by atoms with Crippen LogP contribution < -0.4 is 11.1 Å². The molecule has 4 rings (SSSR count). The maximum atomic E-state index is 11.9. The molecule has 1 saturated heterocycles. The van der Waals surface area contributed by atoms with Gasteiger partial charge < -0.3 is 16.2 Å². The Hall–Kier alpha value is -2.67. The van der Waals surface area contributed by atoms with Crippen molar-refractivity contribution >= 4 is 23.6 Å².